The van der Waals surface area contributed by atoms with Gasteiger partial charge in [-0.15, -0.1) is 0 Å². The van der Waals surface area contributed by atoms with Crippen LogP contribution in [-0.4, -0.2) is 31.4 Å². The Balaban J connectivity index is 2.22. The summed E-state index contributed by atoms with van der Waals surface area (Å²) in [4.78, 5) is 36.2. The lowest BCUT2D eigenvalue weighted by Crippen LogP contribution is -2.37. The maximum absolute atomic E-state index is 12.6. The van der Waals surface area contributed by atoms with Crippen molar-refractivity contribution >= 4 is 18.0 Å². The Bertz CT molecular complexity index is 849. The molecule has 0 N–H and O–H groups in total. The average molecular weight is 358 g/mol. The first-order chi connectivity index (χ1) is 12.4. The summed E-state index contributed by atoms with van der Waals surface area (Å²) in [5, 5.41) is 0. The highest BCUT2D eigenvalue weighted by atomic mass is 16.7. The number of ether oxygens (including phenoxy) is 4. The Morgan fingerprint density at radius 2 is 2.00 bits per heavy atom. The van der Waals surface area contributed by atoms with Crippen LogP contribution in [0.25, 0.3) is 0 Å². The monoisotopic (exact) mass is 358 g/mol. The Morgan fingerprint density at radius 1 is 1.27 bits per heavy atom. The smallest absolute Gasteiger partial charge is 0.339 e. The highest BCUT2D eigenvalue weighted by molar-refractivity contribution is 6.07. The third kappa shape index (κ3) is 2.85. The van der Waals surface area contributed by atoms with E-state index in [2.05, 4.69) is 0 Å². The van der Waals surface area contributed by atoms with Crippen LogP contribution in [0.1, 0.15) is 26.3 Å². The van der Waals surface area contributed by atoms with Crippen molar-refractivity contribution in [2.75, 3.05) is 13.4 Å². The largest absolute Gasteiger partial charge is 0.474 e. The van der Waals surface area contributed by atoms with Crippen LogP contribution in [0.5, 0.6) is 11.5 Å². The highest BCUT2D eigenvalue weighted by Crippen LogP contribution is 2.44. The molecule has 1 atom stereocenters. The van der Waals surface area contributed by atoms with Crippen LogP contribution in [-0.2, 0) is 29.5 Å². The number of carbonyl (C=O) groups is 3. The molecule has 0 saturated carbocycles. The molecule has 2 heterocycles. The fourth-order valence-corrected chi connectivity index (χ4v) is 3.03. The van der Waals surface area contributed by atoms with E-state index in [9.17, 15) is 14.4 Å². The van der Waals surface area contributed by atoms with Gasteiger partial charge in [0.05, 0.1) is 12.2 Å². The lowest BCUT2D eigenvalue weighted by molar-refractivity contribution is -0.142. The summed E-state index contributed by atoms with van der Waals surface area (Å²) in [7, 11) is 0. The van der Waals surface area contributed by atoms with Crippen LogP contribution in [0.3, 0.4) is 0 Å². The van der Waals surface area contributed by atoms with Crippen molar-refractivity contribution < 1.29 is 33.3 Å². The van der Waals surface area contributed by atoms with Crippen LogP contribution in [0, 0.1) is 0 Å². The van der Waals surface area contributed by atoms with Crippen molar-refractivity contribution in [3.63, 3.8) is 0 Å². The molecule has 1 aromatic rings. The summed E-state index contributed by atoms with van der Waals surface area (Å²) in [6, 6.07) is 5.03. The first-order valence-electron chi connectivity index (χ1n) is 8.09. The molecule has 136 valence electrons. The summed E-state index contributed by atoms with van der Waals surface area (Å²) < 4.78 is 21.6. The lowest BCUT2D eigenvalue weighted by Gasteiger charge is -2.36. The second kappa shape index (κ2) is 6.67. The maximum Gasteiger partial charge on any atom is 0.339 e. The van der Waals surface area contributed by atoms with Crippen molar-refractivity contribution in [2.45, 2.75) is 26.4 Å². The summed E-state index contributed by atoms with van der Waals surface area (Å²) in [6.45, 7) is 4.82. The molecule has 0 radical (unpaired) electrons. The van der Waals surface area contributed by atoms with Gasteiger partial charge in [0, 0.05) is 11.1 Å². The quantitative estimate of drug-likeness (QED) is 0.589. The molecule has 2 aliphatic heterocycles. The number of benzene rings is 1. The van der Waals surface area contributed by atoms with E-state index in [0.717, 1.165) is 0 Å². The lowest BCUT2D eigenvalue weighted by atomic mass is 9.81. The predicted octanol–water partition coefficient (Wildman–Crippen LogP) is 2.19. The molecule has 0 amide bonds. The van der Waals surface area contributed by atoms with E-state index in [-0.39, 0.29) is 36.1 Å². The van der Waals surface area contributed by atoms with E-state index in [1.807, 2.05) is 0 Å². The van der Waals surface area contributed by atoms with Gasteiger partial charge in [0.25, 0.3) is 0 Å². The zero-order valence-electron chi connectivity index (χ0n) is 14.7. The van der Waals surface area contributed by atoms with E-state index < -0.39 is 11.6 Å². The van der Waals surface area contributed by atoms with Crippen LogP contribution in [0.2, 0.25) is 0 Å². The fraction of sp³-hybridized carbons (Fsp3) is 0.316. The van der Waals surface area contributed by atoms with Gasteiger partial charge in [0.2, 0.25) is 6.79 Å². The van der Waals surface area contributed by atoms with Crippen LogP contribution in [0.4, 0.5) is 0 Å². The van der Waals surface area contributed by atoms with E-state index in [1.54, 1.807) is 32.0 Å². The third-order valence-electron chi connectivity index (χ3n) is 4.25. The van der Waals surface area contributed by atoms with E-state index in [1.165, 1.54) is 13.0 Å². The molecule has 0 fully saturated rings. The summed E-state index contributed by atoms with van der Waals surface area (Å²) in [5.41, 5.74) is -0.761. The molecule has 1 unspecified atom stereocenters. The normalized spacial score (nSPS) is 21.0. The minimum Gasteiger partial charge on any atom is -0.474 e. The van der Waals surface area contributed by atoms with E-state index >= 15 is 0 Å². The Hall–Kier alpha value is -3.09. The molecule has 0 aromatic heterocycles. The number of rotatable bonds is 5. The van der Waals surface area contributed by atoms with Gasteiger partial charge >= 0.3 is 5.97 Å². The standard InChI is InChI=1S/C19H18O7/c1-4-23-18(22)17-14(11(2)21)8-13(9-20)26-19(17,3)12-5-6-15-16(7-12)25-10-24-15/h5-9H,4,10H2,1-3H3. The van der Waals surface area contributed by atoms with Crippen molar-refractivity contribution in [2.24, 2.45) is 0 Å². The average Bonchev–Trinajstić information content (AvgIpc) is 3.08. The molecule has 0 aliphatic carbocycles. The van der Waals surface area contributed by atoms with Crippen LogP contribution in [0.15, 0.2) is 41.2 Å². The van der Waals surface area contributed by atoms with Crippen LogP contribution >= 0.6 is 0 Å². The van der Waals surface area contributed by atoms with Gasteiger partial charge in [-0.25, -0.2) is 4.79 Å². The van der Waals surface area contributed by atoms with Gasteiger partial charge in [-0.05, 0) is 39.0 Å². The Kier molecular flexibility index (Phi) is 4.54. The number of aldehydes is 1. The Labute approximate surface area is 150 Å². The Morgan fingerprint density at radius 3 is 2.65 bits per heavy atom. The summed E-state index contributed by atoms with van der Waals surface area (Å²) >= 11 is 0. The minimum atomic E-state index is -1.40. The first-order valence-corrected chi connectivity index (χ1v) is 8.09. The molecule has 1 aromatic carbocycles. The molecule has 7 heteroatoms. The molecule has 2 aliphatic rings. The fourth-order valence-electron chi connectivity index (χ4n) is 3.03. The van der Waals surface area contributed by atoms with Crippen molar-refractivity contribution in [3.8, 4) is 11.5 Å². The number of Topliss-reactive ketones (excluding diaryl/α,β-unsaturated/α-hetero) is 1. The molecule has 26 heavy (non-hydrogen) atoms. The van der Waals surface area contributed by atoms with Gasteiger partial charge < -0.3 is 18.9 Å². The van der Waals surface area contributed by atoms with Gasteiger partial charge in [0.15, 0.2) is 34.9 Å². The van der Waals surface area contributed by atoms with E-state index in [0.29, 0.717) is 23.3 Å². The molecular weight excluding hydrogens is 340 g/mol. The summed E-state index contributed by atoms with van der Waals surface area (Å²) in [6.07, 6.45) is 1.76. The number of hydrogen-bond acceptors (Lipinski definition) is 7. The molecule has 7 nitrogen and oxygen atoms in total. The number of hydrogen-bond donors (Lipinski definition) is 0. The van der Waals surface area contributed by atoms with Gasteiger partial charge in [0.1, 0.15) is 0 Å². The second-order valence-corrected chi connectivity index (χ2v) is 5.93. The third-order valence-corrected chi connectivity index (χ3v) is 4.25. The molecule has 0 saturated heterocycles. The van der Waals surface area contributed by atoms with Gasteiger partial charge in [-0.2, -0.15) is 0 Å². The molecular formula is C19H18O7. The number of ketones is 1. The zero-order valence-corrected chi connectivity index (χ0v) is 14.7. The number of esters is 1. The van der Waals surface area contributed by atoms with E-state index in [4.69, 9.17) is 18.9 Å². The van der Waals surface area contributed by atoms with Crippen molar-refractivity contribution in [1.29, 1.82) is 0 Å². The predicted molar refractivity (Wildman–Crippen MR) is 89.5 cm³/mol. The minimum absolute atomic E-state index is 0.0383. The van der Waals surface area contributed by atoms with Crippen molar-refractivity contribution in [3.05, 3.63) is 46.7 Å². The number of allylic oxidation sites excluding steroid dienone is 3. The number of carbonyl (C=O) groups excluding carboxylic acids is 3. The topological polar surface area (TPSA) is 88.1 Å². The summed E-state index contributed by atoms with van der Waals surface area (Å²) in [5.74, 6) is -0.0555. The zero-order chi connectivity index (χ0) is 18.9. The van der Waals surface area contributed by atoms with Crippen LogP contribution < -0.4 is 9.47 Å². The number of fused-ring (bicyclic) bond motifs is 1. The first kappa shape index (κ1) is 17.7. The highest BCUT2D eigenvalue weighted by Gasteiger charge is 2.45. The second-order valence-electron chi connectivity index (χ2n) is 5.93. The van der Waals surface area contributed by atoms with Crippen molar-refractivity contribution in [1.82, 2.24) is 0 Å². The maximum atomic E-state index is 12.6. The SMILES string of the molecule is CCOC(=O)C1=C(C(C)=O)C=C(C=O)OC1(C)c1ccc2c(c1)OCO2. The van der Waals surface area contributed by atoms with Gasteiger partial charge in [-0.3, -0.25) is 9.59 Å². The molecule has 0 bridgehead atoms. The van der Waals surface area contributed by atoms with Gasteiger partial charge in [-0.1, -0.05) is 6.07 Å². The molecule has 3 rings (SSSR count). The molecule has 0 spiro atoms.